The van der Waals surface area contributed by atoms with Crippen LogP contribution in [0.2, 0.25) is 0 Å². The van der Waals surface area contributed by atoms with Crippen LogP contribution in [0, 0.1) is 0 Å². The van der Waals surface area contributed by atoms with Gasteiger partial charge in [-0.2, -0.15) is 0 Å². The molecule has 1 radical (unpaired) electrons. The number of rotatable bonds is 0. The summed E-state index contributed by atoms with van der Waals surface area (Å²) < 4.78 is 0. The Kier molecular flexibility index (Phi) is 2.79. The van der Waals surface area contributed by atoms with Gasteiger partial charge in [-0.05, 0) is 31.8 Å². The summed E-state index contributed by atoms with van der Waals surface area (Å²) in [7, 11) is 0. The van der Waals surface area contributed by atoms with Crippen LogP contribution in [0.25, 0.3) is 0 Å². The van der Waals surface area contributed by atoms with Crippen molar-refractivity contribution in [3.63, 3.8) is 0 Å². The Morgan fingerprint density at radius 2 is 1.60 bits per heavy atom. The van der Waals surface area contributed by atoms with Gasteiger partial charge in [0.25, 0.3) is 0 Å². The molecule has 57 valence electrons. The second-order valence-electron chi connectivity index (χ2n) is 3.12. The minimum Gasteiger partial charge on any atom is -0.295 e. The van der Waals surface area contributed by atoms with E-state index < -0.39 is 0 Å². The van der Waals surface area contributed by atoms with E-state index in [4.69, 9.17) is 0 Å². The molecule has 0 N–H and O–H groups in total. The average Bonchev–Trinajstić information content (AvgIpc) is 1.92. The predicted octanol–water partition coefficient (Wildman–Crippen LogP) is 3.05. The molecular weight excluding hydrogens is 124 g/mol. The molecule has 0 heterocycles. The molecule has 0 spiro atoms. The lowest BCUT2D eigenvalue weighted by atomic mass is 10.00. The molecule has 1 nitrogen and oxygen atoms in total. The van der Waals surface area contributed by atoms with E-state index in [1.807, 2.05) is 6.92 Å². The van der Waals surface area contributed by atoms with Gasteiger partial charge in [-0.3, -0.25) is 5.11 Å². The number of hydrogen-bond acceptors (Lipinski definition) is 0. The second kappa shape index (κ2) is 3.65. The SMILES string of the molecule is C/C1=C(\[O])CCCCCC1. The van der Waals surface area contributed by atoms with E-state index in [1.54, 1.807) is 0 Å². The Hall–Kier alpha value is -0.460. The first-order valence-electron chi connectivity index (χ1n) is 4.16. The van der Waals surface area contributed by atoms with E-state index in [9.17, 15) is 5.11 Å². The zero-order valence-corrected chi connectivity index (χ0v) is 6.65. The third-order valence-corrected chi connectivity index (χ3v) is 2.18. The van der Waals surface area contributed by atoms with E-state index in [0.717, 1.165) is 24.8 Å². The Labute approximate surface area is 62.8 Å². The van der Waals surface area contributed by atoms with Crippen molar-refractivity contribution < 1.29 is 5.11 Å². The first-order chi connectivity index (χ1) is 4.80. The summed E-state index contributed by atoms with van der Waals surface area (Å²) in [5.41, 5.74) is 1.10. The van der Waals surface area contributed by atoms with Gasteiger partial charge < -0.3 is 0 Å². The van der Waals surface area contributed by atoms with Crippen LogP contribution in [0.1, 0.15) is 45.4 Å². The van der Waals surface area contributed by atoms with Gasteiger partial charge in [0.05, 0.1) is 0 Å². The van der Waals surface area contributed by atoms with Gasteiger partial charge >= 0.3 is 0 Å². The molecule has 1 aliphatic carbocycles. The minimum absolute atomic E-state index is 0.403. The largest absolute Gasteiger partial charge is 0.295 e. The Morgan fingerprint density at radius 1 is 1.00 bits per heavy atom. The highest BCUT2D eigenvalue weighted by Gasteiger charge is 2.05. The monoisotopic (exact) mass is 139 g/mol. The van der Waals surface area contributed by atoms with Crippen LogP contribution in [0.15, 0.2) is 11.3 Å². The first kappa shape index (κ1) is 7.64. The van der Waals surface area contributed by atoms with Gasteiger partial charge in [-0.15, -0.1) is 0 Å². The van der Waals surface area contributed by atoms with E-state index in [2.05, 4.69) is 0 Å². The molecule has 0 saturated heterocycles. The van der Waals surface area contributed by atoms with E-state index in [-0.39, 0.29) is 0 Å². The van der Waals surface area contributed by atoms with Crippen LogP contribution in [0.3, 0.4) is 0 Å². The van der Waals surface area contributed by atoms with Crippen LogP contribution >= 0.6 is 0 Å². The maximum atomic E-state index is 11.1. The highest BCUT2D eigenvalue weighted by molar-refractivity contribution is 5.04. The quantitative estimate of drug-likeness (QED) is 0.491. The standard InChI is InChI=1S/C9H15O/c1-8-6-4-2-3-5-7-9(8)10/h2-7H2,1H3/b9-8+. The smallest absolute Gasteiger partial charge is 0.154 e. The maximum Gasteiger partial charge on any atom is 0.154 e. The molecule has 0 aromatic rings. The van der Waals surface area contributed by atoms with Crippen molar-refractivity contribution >= 4 is 0 Å². The number of hydrogen-bond donors (Lipinski definition) is 0. The van der Waals surface area contributed by atoms with E-state index >= 15 is 0 Å². The molecule has 0 fully saturated rings. The van der Waals surface area contributed by atoms with Gasteiger partial charge in [0.2, 0.25) is 0 Å². The summed E-state index contributed by atoms with van der Waals surface area (Å²) >= 11 is 0. The van der Waals surface area contributed by atoms with Crippen LogP contribution in [-0.4, -0.2) is 0 Å². The summed E-state index contributed by atoms with van der Waals surface area (Å²) in [4.78, 5) is 0. The second-order valence-corrected chi connectivity index (χ2v) is 3.12. The van der Waals surface area contributed by atoms with Crippen molar-refractivity contribution in [1.29, 1.82) is 0 Å². The van der Waals surface area contributed by atoms with Crippen molar-refractivity contribution in [2.24, 2.45) is 0 Å². The molecule has 0 bridgehead atoms. The van der Waals surface area contributed by atoms with E-state index in [1.165, 1.54) is 19.3 Å². The minimum atomic E-state index is 0.403. The van der Waals surface area contributed by atoms with Crippen LogP contribution in [0.5, 0.6) is 0 Å². The third-order valence-electron chi connectivity index (χ3n) is 2.18. The fourth-order valence-corrected chi connectivity index (χ4v) is 1.38. The van der Waals surface area contributed by atoms with Gasteiger partial charge in [0.15, 0.2) is 5.76 Å². The summed E-state index contributed by atoms with van der Waals surface area (Å²) in [6.07, 6.45) is 6.72. The zero-order chi connectivity index (χ0) is 7.40. The van der Waals surface area contributed by atoms with Crippen LogP contribution in [-0.2, 0) is 5.11 Å². The fraction of sp³-hybridized carbons (Fsp3) is 0.778. The molecule has 0 unspecified atom stereocenters. The molecule has 0 aromatic carbocycles. The van der Waals surface area contributed by atoms with Crippen molar-refractivity contribution in [2.75, 3.05) is 0 Å². The lowest BCUT2D eigenvalue weighted by molar-refractivity contribution is 0.267. The van der Waals surface area contributed by atoms with Crippen LogP contribution in [0.4, 0.5) is 0 Å². The summed E-state index contributed by atoms with van der Waals surface area (Å²) in [6, 6.07) is 0. The molecule has 1 aliphatic rings. The Bertz CT molecular complexity index is 120. The van der Waals surface area contributed by atoms with Gasteiger partial charge in [0.1, 0.15) is 0 Å². The third kappa shape index (κ3) is 2.05. The number of allylic oxidation sites excluding steroid dienone is 2. The molecular formula is C9H15O. The molecule has 1 heteroatoms. The molecule has 0 aromatic heterocycles. The molecule has 0 saturated carbocycles. The Morgan fingerprint density at radius 3 is 2.30 bits per heavy atom. The highest BCUT2D eigenvalue weighted by atomic mass is 16.3. The van der Waals surface area contributed by atoms with Crippen molar-refractivity contribution in [3.05, 3.63) is 11.3 Å². The van der Waals surface area contributed by atoms with E-state index in [0.29, 0.717) is 5.76 Å². The normalized spacial score (nSPS) is 29.3. The van der Waals surface area contributed by atoms with Crippen molar-refractivity contribution in [2.45, 2.75) is 45.4 Å². The highest BCUT2D eigenvalue weighted by Crippen LogP contribution is 2.20. The van der Waals surface area contributed by atoms with Gasteiger partial charge in [0, 0.05) is 6.42 Å². The maximum absolute atomic E-state index is 11.1. The summed E-state index contributed by atoms with van der Waals surface area (Å²) in [6.45, 7) is 1.98. The lowest BCUT2D eigenvalue weighted by Crippen LogP contribution is -1.92. The predicted molar refractivity (Wildman–Crippen MR) is 41.1 cm³/mol. The van der Waals surface area contributed by atoms with Gasteiger partial charge in [-0.25, -0.2) is 0 Å². The molecule has 0 aliphatic heterocycles. The Balaban J connectivity index is 2.51. The molecule has 0 amide bonds. The molecule has 0 atom stereocenters. The van der Waals surface area contributed by atoms with Crippen molar-refractivity contribution in [3.8, 4) is 0 Å². The van der Waals surface area contributed by atoms with Crippen molar-refractivity contribution in [1.82, 2.24) is 0 Å². The zero-order valence-electron chi connectivity index (χ0n) is 6.65. The lowest BCUT2D eigenvalue weighted by Gasteiger charge is -2.07. The topological polar surface area (TPSA) is 19.9 Å². The van der Waals surface area contributed by atoms with Crippen LogP contribution < -0.4 is 0 Å². The first-order valence-corrected chi connectivity index (χ1v) is 4.16. The fourth-order valence-electron chi connectivity index (χ4n) is 1.38. The molecule has 1 rings (SSSR count). The average molecular weight is 139 g/mol. The summed E-state index contributed by atoms with van der Waals surface area (Å²) in [5.74, 6) is 0.403. The van der Waals surface area contributed by atoms with Gasteiger partial charge in [-0.1, -0.05) is 12.8 Å². The summed E-state index contributed by atoms with van der Waals surface area (Å²) in [5, 5.41) is 11.1. The molecule has 10 heavy (non-hydrogen) atoms.